The van der Waals surface area contributed by atoms with Gasteiger partial charge >= 0.3 is 0 Å². The molecule has 28 heavy (non-hydrogen) atoms. The summed E-state index contributed by atoms with van der Waals surface area (Å²) in [7, 11) is 0. The van der Waals surface area contributed by atoms with Crippen LogP contribution in [0.3, 0.4) is 0 Å². The van der Waals surface area contributed by atoms with E-state index in [0.29, 0.717) is 23.1 Å². The molecule has 0 fully saturated rings. The fraction of sp³-hybridized carbons (Fsp3) is 0.261. The highest BCUT2D eigenvalue weighted by Gasteiger charge is 2.16. The molecule has 1 amide bonds. The predicted molar refractivity (Wildman–Crippen MR) is 115 cm³/mol. The number of guanidine groups is 1. The van der Waals surface area contributed by atoms with Crippen molar-refractivity contribution in [3.05, 3.63) is 65.7 Å². The van der Waals surface area contributed by atoms with Gasteiger partial charge in [0, 0.05) is 10.9 Å². The Morgan fingerprint density at radius 3 is 2.39 bits per heavy atom. The lowest BCUT2D eigenvalue weighted by Gasteiger charge is -2.16. The number of amides is 1. The summed E-state index contributed by atoms with van der Waals surface area (Å²) in [5.74, 6) is 0.405. The summed E-state index contributed by atoms with van der Waals surface area (Å²) in [5.41, 5.74) is 14.9. The Morgan fingerprint density at radius 1 is 1.04 bits per heavy atom. The topological polar surface area (TPSA) is 94.4 Å². The van der Waals surface area contributed by atoms with Crippen LogP contribution in [0.15, 0.2) is 59.6 Å². The minimum absolute atomic E-state index is 0.249. The highest BCUT2D eigenvalue weighted by atomic mass is 16.1. The van der Waals surface area contributed by atoms with E-state index in [0.717, 1.165) is 22.9 Å². The molecule has 3 aromatic rings. The van der Waals surface area contributed by atoms with Crippen molar-refractivity contribution in [2.75, 3.05) is 0 Å². The number of carbonyl (C=O) groups is 1. The zero-order chi connectivity index (χ0) is 20.3. The van der Waals surface area contributed by atoms with E-state index in [1.807, 2.05) is 42.5 Å². The van der Waals surface area contributed by atoms with Crippen LogP contribution in [0.4, 0.5) is 0 Å². The molecular formula is C23H26N4O. The predicted octanol–water partition coefficient (Wildman–Crippen LogP) is 4.15. The molecule has 0 spiro atoms. The number of hydrogen-bond donors (Lipinski definition) is 2. The maximum absolute atomic E-state index is 12.7. The lowest BCUT2D eigenvalue weighted by molar-refractivity contribution is 0.100. The number of aromatic nitrogens is 1. The van der Waals surface area contributed by atoms with Crippen LogP contribution >= 0.6 is 0 Å². The van der Waals surface area contributed by atoms with Gasteiger partial charge in [-0.25, -0.2) is 4.98 Å². The summed E-state index contributed by atoms with van der Waals surface area (Å²) in [6.45, 7) is 6.66. The van der Waals surface area contributed by atoms with Crippen molar-refractivity contribution in [1.82, 2.24) is 4.98 Å². The maximum atomic E-state index is 12.7. The number of fused-ring (bicyclic) bond motifs is 1. The van der Waals surface area contributed by atoms with Gasteiger partial charge in [0.25, 0.3) is 5.91 Å². The van der Waals surface area contributed by atoms with E-state index < -0.39 is 5.91 Å². The second-order valence-electron chi connectivity index (χ2n) is 7.54. The number of benzene rings is 2. The summed E-state index contributed by atoms with van der Waals surface area (Å²) in [6, 6.07) is 17.6. The second kappa shape index (κ2) is 8.21. The molecule has 4 N–H and O–H groups in total. The van der Waals surface area contributed by atoms with Crippen LogP contribution in [-0.4, -0.2) is 16.9 Å². The van der Waals surface area contributed by atoms with Crippen molar-refractivity contribution >= 4 is 22.8 Å². The van der Waals surface area contributed by atoms with Crippen molar-refractivity contribution in [1.29, 1.82) is 0 Å². The Hall–Kier alpha value is -3.21. The number of aliphatic imine (C=N–C) groups is 1. The lowest BCUT2D eigenvalue weighted by atomic mass is 9.90. The SMILES string of the molecule is CC(C)C(C)Cc1ccc2nc(-c3ccccc3)cc(C(=O)N=C(N)N)c2c1. The number of nitrogens with zero attached hydrogens (tertiary/aromatic N) is 2. The quantitative estimate of drug-likeness (QED) is 0.518. The van der Waals surface area contributed by atoms with E-state index in [1.165, 1.54) is 5.56 Å². The normalized spacial score (nSPS) is 12.1. The van der Waals surface area contributed by atoms with Gasteiger partial charge in [0.05, 0.1) is 16.8 Å². The molecule has 0 bridgehead atoms. The summed E-state index contributed by atoms with van der Waals surface area (Å²) in [6.07, 6.45) is 0.934. The van der Waals surface area contributed by atoms with Gasteiger partial charge in [-0.1, -0.05) is 57.2 Å². The molecule has 144 valence electrons. The first-order valence-electron chi connectivity index (χ1n) is 9.48. The first-order valence-corrected chi connectivity index (χ1v) is 9.48. The van der Waals surface area contributed by atoms with Crippen molar-refractivity contribution in [3.8, 4) is 11.3 Å². The molecule has 0 aliphatic rings. The Morgan fingerprint density at radius 2 is 1.75 bits per heavy atom. The van der Waals surface area contributed by atoms with Crippen molar-refractivity contribution < 1.29 is 4.79 Å². The molecule has 3 rings (SSSR count). The number of hydrogen-bond acceptors (Lipinski definition) is 2. The third kappa shape index (κ3) is 4.36. The Labute approximate surface area is 165 Å². The molecular weight excluding hydrogens is 348 g/mol. The fourth-order valence-corrected chi connectivity index (χ4v) is 3.12. The van der Waals surface area contributed by atoms with Crippen LogP contribution in [0.25, 0.3) is 22.2 Å². The minimum atomic E-state index is -0.460. The van der Waals surface area contributed by atoms with E-state index >= 15 is 0 Å². The van der Waals surface area contributed by atoms with Gasteiger partial charge in [-0.15, -0.1) is 0 Å². The molecule has 1 atom stereocenters. The second-order valence-corrected chi connectivity index (χ2v) is 7.54. The molecule has 0 radical (unpaired) electrons. The van der Waals surface area contributed by atoms with Crippen LogP contribution in [0, 0.1) is 11.8 Å². The molecule has 1 aromatic heterocycles. The van der Waals surface area contributed by atoms with Crippen LogP contribution < -0.4 is 11.5 Å². The maximum Gasteiger partial charge on any atom is 0.280 e. The summed E-state index contributed by atoms with van der Waals surface area (Å²) in [4.78, 5) is 21.2. The van der Waals surface area contributed by atoms with Gasteiger partial charge in [0.15, 0.2) is 5.96 Å². The van der Waals surface area contributed by atoms with Crippen LogP contribution in [-0.2, 0) is 6.42 Å². The largest absolute Gasteiger partial charge is 0.370 e. The molecule has 0 aliphatic heterocycles. The van der Waals surface area contributed by atoms with Crippen LogP contribution in [0.1, 0.15) is 36.7 Å². The first-order chi connectivity index (χ1) is 13.3. The molecule has 2 aromatic carbocycles. The van der Waals surface area contributed by atoms with Crippen molar-refractivity contribution in [3.63, 3.8) is 0 Å². The standard InChI is InChI=1S/C23H26N4O/c1-14(2)15(3)11-16-9-10-20-18(12-16)19(22(28)27-23(24)25)13-21(26-20)17-7-5-4-6-8-17/h4-10,12-15H,11H2,1-3H3,(H4,24,25,27,28). The summed E-state index contributed by atoms with van der Waals surface area (Å²) >= 11 is 0. The average molecular weight is 374 g/mol. The summed E-state index contributed by atoms with van der Waals surface area (Å²) in [5, 5.41) is 0.767. The highest BCUT2D eigenvalue weighted by molar-refractivity contribution is 6.10. The van der Waals surface area contributed by atoms with E-state index in [4.69, 9.17) is 16.5 Å². The minimum Gasteiger partial charge on any atom is -0.370 e. The molecule has 0 saturated heterocycles. The fourth-order valence-electron chi connectivity index (χ4n) is 3.12. The van der Waals surface area contributed by atoms with E-state index in [2.05, 4.69) is 31.8 Å². The van der Waals surface area contributed by atoms with E-state index in [1.54, 1.807) is 6.07 Å². The monoisotopic (exact) mass is 374 g/mol. The lowest BCUT2D eigenvalue weighted by Crippen LogP contribution is -2.24. The number of carbonyl (C=O) groups excluding carboxylic acids is 1. The smallest absolute Gasteiger partial charge is 0.280 e. The third-order valence-electron chi connectivity index (χ3n) is 5.10. The van der Waals surface area contributed by atoms with Crippen LogP contribution in [0.5, 0.6) is 0 Å². The van der Waals surface area contributed by atoms with Crippen molar-refractivity contribution in [2.24, 2.45) is 28.3 Å². The number of nitrogens with two attached hydrogens (primary N) is 2. The van der Waals surface area contributed by atoms with Gasteiger partial charge in [-0.2, -0.15) is 4.99 Å². The Balaban J connectivity index is 2.16. The first kappa shape index (κ1) is 19.5. The molecule has 1 heterocycles. The average Bonchev–Trinajstić information content (AvgIpc) is 2.67. The van der Waals surface area contributed by atoms with E-state index in [-0.39, 0.29) is 5.96 Å². The van der Waals surface area contributed by atoms with Crippen LogP contribution in [0.2, 0.25) is 0 Å². The molecule has 1 unspecified atom stereocenters. The van der Waals surface area contributed by atoms with Gasteiger partial charge in [0.2, 0.25) is 0 Å². The summed E-state index contributed by atoms with van der Waals surface area (Å²) < 4.78 is 0. The van der Waals surface area contributed by atoms with Gasteiger partial charge in [-0.3, -0.25) is 4.79 Å². The molecule has 0 aliphatic carbocycles. The highest BCUT2D eigenvalue weighted by Crippen LogP contribution is 2.27. The van der Waals surface area contributed by atoms with Gasteiger partial charge < -0.3 is 11.5 Å². The zero-order valence-corrected chi connectivity index (χ0v) is 16.5. The van der Waals surface area contributed by atoms with Gasteiger partial charge in [-0.05, 0) is 42.0 Å². The Bertz CT molecular complexity index is 1020. The zero-order valence-electron chi connectivity index (χ0n) is 16.5. The van der Waals surface area contributed by atoms with Gasteiger partial charge in [0.1, 0.15) is 0 Å². The number of rotatable bonds is 5. The third-order valence-corrected chi connectivity index (χ3v) is 5.10. The Kier molecular flexibility index (Phi) is 5.73. The number of pyridine rings is 1. The molecule has 5 heteroatoms. The molecule has 5 nitrogen and oxygen atoms in total. The molecule has 0 saturated carbocycles. The van der Waals surface area contributed by atoms with E-state index in [9.17, 15) is 4.79 Å². The van der Waals surface area contributed by atoms with Crippen molar-refractivity contribution in [2.45, 2.75) is 27.2 Å².